The molecule has 0 radical (unpaired) electrons. The summed E-state index contributed by atoms with van der Waals surface area (Å²) >= 11 is 0. The lowest BCUT2D eigenvalue weighted by Gasteiger charge is -2.22. The van der Waals surface area contributed by atoms with Crippen LogP contribution in [0, 0.1) is 5.82 Å². The zero-order valence-electron chi connectivity index (χ0n) is 9.38. The first-order chi connectivity index (χ1) is 7.74. The molecule has 1 fully saturated rings. The van der Waals surface area contributed by atoms with Crippen LogP contribution >= 0.6 is 0 Å². The third-order valence-electron chi connectivity index (χ3n) is 3.14. The summed E-state index contributed by atoms with van der Waals surface area (Å²) in [6.45, 7) is 0.635. The van der Waals surface area contributed by atoms with Crippen molar-refractivity contribution in [3.63, 3.8) is 0 Å². The van der Waals surface area contributed by atoms with Crippen LogP contribution in [0.5, 0.6) is 5.75 Å². The highest BCUT2D eigenvalue weighted by Gasteiger charge is 2.12. The predicted molar refractivity (Wildman–Crippen MR) is 61.8 cm³/mol. The van der Waals surface area contributed by atoms with Crippen molar-refractivity contribution in [1.29, 1.82) is 0 Å². The quantitative estimate of drug-likeness (QED) is 0.825. The maximum atomic E-state index is 13.0. The second kappa shape index (κ2) is 5.30. The van der Waals surface area contributed by atoms with E-state index in [9.17, 15) is 9.50 Å². The van der Waals surface area contributed by atoms with Gasteiger partial charge in [0.2, 0.25) is 0 Å². The first-order valence-corrected chi connectivity index (χ1v) is 5.96. The standard InChI is InChI=1S/C13H18FNO/c14-11-6-10(7-13(16)8-11)9-15-12-4-2-1-3-5-12/h6-8,12,15-16H,1-5,9H2. The molecule has 1 saturated carbocycles. The summed E-state index contributed by atoms with van der Waals surface area (Å²) in [5.41, 5.74) is 0.808. The fourth-order valence-electron chi connectivity index (χ4n) is 2.30. The van der Waals surface area contributed by atoms with Crippen molar-refractivity contribution in [2.45, 2.75) is 44.7 Å². The largest absolute Gasteiger partial charge is 0.508 e. The van der Waals surface area contributed by atoms with Gasteiger partial charge in [0.25, 0.3) is 0 Å². The van der Waals surface area contributed by atoms with Gasteiger partial charge in [-0.15, -0.1) is 0 Å². The van der Waals surface area contributed by atoms with E-state index < -0.39 is 0 Å². The molecule has 1 aromatic carbocycles. The minimum Gasteiger partial charge on any atom is -0.508 e. The summed E-state index contributed by atoms with van der Waals surface area (Å²) in [7, 11) is 0. The topological polar surface area (TPSA) is 32.3 Å². The maximum absolute atomic E-state index is 13.0. The lowest BCUT2D eigenvalue weighted by Crippen LogP contribution is -2.30. The molecule has 2 N–H and O–H groups in total. The Hall–Kier alpha value is -1.09. The summed E-state index contributed by atoms with van der Waals surface area (Å²) in [6, 6.07) is 4.76. The van der Waals surface area contributed by atoms with Crippen LogP contribution in [0.15, 0.2) is 18.2 Å². The average molecular weight is 223 g/mol. The van der Waals surface area contributed by atoms with Crippen molar-refractivity contribution >= 4 is 0 Å². The van der Waals surface area contributed by atoms with E-state index in [4.69, 9.17) is 0 Å². The molecule has 0 heterocycles. The molecule has 1 aliphatic rings. The molecule has 0 saturated heterocycles. The monoisotopic (exact) mass is 223 g/mol. The van der Waals surface area contributed by atoms with Crippen LogP contribution in [0.3, 0.4) is 0 Å². The van der Waals surface area contributed by atoms with Gasteiger partial charge in [0, 0.05) is 18.7 Å². The fourth-order valence-corrected chi connectivity index (χ4v) is 2.30. The predicted octanol–water partition coefficient (Wildman–Crippen LogP) is 2.95. The molecule has 16 heavy (non-hydrogen) atoms. The summed E-state index contributed by atoms with van der Waals surface area (Å²) < 4.78 is 13.0. The minimum absolute atomic E-state index is 0.000411. The fraction of sp³-hybridized carbons (Fsp3) is 0.538. The van der Waals surface area contributed by atoms with Crippen molar-refractivity contribution in [3.8, 4) is 5.75 Å². The van der Waals surface area contributed by atoms with Gasteiger partial charge in [-0.25, -0.2) is 4.39 Å². The Bertz CT molecular complexity index is 328. The number of hydrogen-bond donors (Lipinski definition) is 2. The summed E-state index contributed by atoms with van der Waals surface area (Å²) in [6.07, 6.45) is 6.32. The Morgan fingerprint density at radius 3 is 2.62 bits per heavy atom. The number of hydrogen-bond acceptors (Lipinski definition) is 2. The van der Waals surface area contributed by atoms with Crippen LogP contribution in [0.4, 0.5) is 4.39 Å². The molecule has 1 aliphatic carbocycles. The van der Waals surface area contributed by atoms with Gasteiger partial charge in [0.15, 0.2) is 0 Å². The second-order valence-electron chi connectivity index (χ2n) is 4.53. The maximum Gasteiger partial charge on any atom is 0.127 e. The molecule has 0 aliphatic heterocycles. The normalized spacial score (nSPS) is 17.6. The number of rotatable bonds is 3. The van der Waals surface area contributed by atoms with Gasteiger partial charge >= 0.3 is 0 Å². The van der Waals surface area contributed by atoms with Crippen molar-refractivity contribution < 1.29 is 9.50 Å². The minimum atomic E-state index is -0.375. The molecule has 2 nitrogen and oxygen atoms in total. The lowest BCUT2D eigenvalue weighted by atomic mass is 9.95. The van der Waals surface area contributed by atoms with E-state index in [1.807, 2.05) is 0 Å². The Morgan fingerprint density at radius 1 is 1.19 bits per heavy atom. The molecule has 2 rings (SSSR count). The first kappa shape index (κ1) is 11.4. The molecule has 0 unspecified atom stereocenters. The third kappa shape index (κ3) is 3.20. The number of halogens is 1. The first-order valence-electron chi connectivity index (χ1n) is 5.96. The van der Waals surface area contributed by atoms with Crippen molar-refractivity contribution in [3.05, 3.63) is 29.6 Å². The Balaban J connectivity index is 1.88. The molecule has 3 heteroatoms. The molecule has 0 amide bonds. The van der Waals surface area contributed by atoms with Crippen LogP contribution in [-0.2, 0) is 6.54 Å². The molecule has 0 atom stereocenters. The molecule has 88 valence electrons. The van der Waals surface area contributed by atoms with Crippen molar-refractivity contribution in [2.24, 2.45) is 0 Å². The third-order valence-corrected chi connectivity index (χ3v) is 3.14. The van der Waals surface area contributed by atoms with Gasteiger partial charge in [-0.3, -0.25) is 0 Å². The van der Waals surface area contributed by atoms with Gasteiger partial charge in [-0.05, 0) is 30.5 Å². The smallest absolute Gasteiger partial charge is 0.127 e. The highest BCUT2D eigenvalue weighted by Crippen LogP contribution is 2.19. The van der Waals surface area contributed by atoms with E-state index in [1.165, 1.54) is 38.2 Å². The van der Waals surface area contributed by atoms with Crippen LogP contribution in [0.1, 0.15) is 37.7 Å². The Kier molecular flexibility index (Phi) is 3.78. The molecule has 0 bridgehead atoms. The van der Waals surface area contributed by atoms with Gasteiger partial charge < -0.3 is 10.4 Å². The number of nitrogens with one attached hydrogen (secondary N) is 1. The number of phenols is 1. The van der Waals surface area contributed by atoms with Gasteiger partial charge in [-0.1, -0.05) is 19.3 Å². The van der Waals surface area contributed by atoms with Gasteiger partial charge in [0.05, 0.1) is 0 Å². The molecular formula is C13H18FNO. The van der Waals surface area contributed by atoms with Crippen LogP contribution in [0.25, 0.3) is 0 Å². The van der Waals surface area contributed by atoms with E-state index >= 15 is 0 Å². The number of phenolic OH excluding ortho intramolecular Hbond substituents is 1. The molecular weight excluding hydrogens is 205 g/mol. The van der Waals surface area contributed by atoms with E-state index in [2.05, 4.69) is 5.32 Å². The molecule has 1 aromatic rings. The SMILES string of the molecule is Oc1cc(F)cc(CNC2CCCCC2)c1. The highest BCUT2D eigenvalue weighted by molar-refractivity contribution is 5.28. The molecule has 0 aromatic heterocycles. The zero-order valence-corrected chi connectivity index (χ0v) is 9.38. The van der Waals surface area contributed by atoms with Crippen LogP contribution in [0.2, 0.25) is 0 Å². The lowest BCUT2D eigenvalue weighted by molar-refractivity contribution is 0.371. The van der Waals surface area contributed by atoms with Crippen molar-refractivity contribution in [2.75, 3.05) is 0 Å². The average Bonchev–Trinajstić information content (AvgIpc) is 2.27. The van der Waals surface area contributed by atoms with E-state index in [1.54, 1.807) is 6.07 Å². The summed E-state index contributed by atoms with van der Waals surface area (Å²) in [5, 5.41) is 12.7. The van der Waals surface area contributed by atoms with E-state index in [-0.39, 0.29) is 11.6 Å². The highest BCUT2D eigenvalue weighted by atomic mass is 19.1. The van der Waals surface area contributed by atoms with E-state index in [0.29, 0.717) is 12.6 Å². The number of benzene rings is 1. The Labute approximate surface area is 95.5 Å². The zero-order chi connectivity index (χ0) is 11.4. The Morgan fingerprint density at radius 2 is 1.94 bits per heavy atom. The van der Waals surface area contributed by atoms with Gasteiger partial charge in [0.1, 0.15) is 11.6 Å². The van der Waals surface area contributed by atoms with Crippen molar-refractivity contribution in [1.82, 2.24) is 5.32 Å². The number of aromatic hydroxyl groups is 1. The van der Waals surface area contributed by atoms with Gasteiger partial charge in [-0.2, -0.15) is 0 Å². The summed E-state index contributed by atoms with van der Waals surface area (Å²) in [4.78, 5) is 0. The van der Waals surface area contributed by atoms with Crippen LogP contribution < -0.4 is 5.32 Å². The summed E-state index contributed by atoms with van der Waals surface area (Å²) in [5.74, 6) is -0.374. The second-order valence-corrected chi connectivity index (χ2v) is 4.53. The van der Waals surface area contributed by atoms with Crippen LogP contribution in [-0.4, -0.2) is 11.1 Å². The van der Waals surface area contributed by atoms with E-state index in [0.717, 1.165) is 11.6 Å². The molecule has 0 spiro atoms.